The summed E-state index contributed by atoms with van der Waals surface area (Å²) in [6, 6.07) is 8.49. The summed E-state index contributed by atoms with van der Waals surface area (Å²) < 4.78 is 10.8. The van der Waals surface area contributed by atoms with E-state index in [0.717, 1.165) is 24.5 Å². The maximum atomic E-state index is 5.53. The number of methoxy groups -OCH3 is 1. The molecular weight excluding hydrogens is 312 g/mol. The van der Waals surface area contributed by atoms with Gasteiger partial charge < -0.3 is 9.47 Å². The fourth-order valence-electron chi connectivity index (χ4n) is 2.10. The summed E-state index contributed by atoms with van der Waals surface area (Å²) in [6.07, 6.45) is 1.01. The topological polar surface area (TPSA) is 18.5 Å². The Morgan fingerprint density at radius 3 is 3.06 bits per heavy atom. The molecule has 0 saturated heterocycles. The Morgan fingerprint density at radius 2 is 2.28 bits per heavy atom. The van der Waals surface area contributed by atoms with Crippen LogP contribution >= 0.6 is 27.3 Å². The molecule has 1 aliphatic heterocycles. The van der Waals surface area contributed by atoms with E-state index in [1.165, 1.54) is 16.0 Å². The van der Waals surface area contributed by atoms with E-state index in [0.29, 0.717) is 0 Å². The third-order valence-corrected chi connectivity index (χ3v) is 5.39. The molecule has 2 aromatic rings. The smallest absolute Gasteiger partial charge is 0.129 e. The summed E-state index contributed by atoms with van der Waals surface area (Å²) in [5.74, 6) is 1.95. The minimum Gasteiger partial charge on any atom is -0.496 e. The lowest BCUT2D eigenvalue weighted by Crippen LogP contribution is -1.91. The molecule has 2 heterocycles. The fourth-order valence-corrected chi connectivity index (χ4v) is 3.70. The van der Waals surface area contributed by atoms with Crippen LogP contribution in [0.1, 0.15) is 20.8 Å². The molecule has 4 heteroatoms. The normalized spacial score (nSPS) is 15.0. The lowest BCUT2D eigenvalue weighted by Gasteiger charge is -2.09. The number of rotatable bonds is 3. The minimum absolute atomic E-state index is 0.220. The van der Waals surface area contributed by atoms with Crippen molar-refractivity contribution in [3.8, 4) is 11.5 Å². The second-order valence-corrected chi connectivity index (χ2v) is 6.08. The zero-order chi connectivity index (χ0) is 12.5. The monoisotopic (exact) mass is 324 g/mol. The first-order valence-electron chi connectivity index (χ1n) is 5.80. The van der Waals surface area contributed by atoms with Crippen molar-refractivity contribution in [2.45, 2.75) is 11.2 Å². The lowest BCUT2D eigenvalue weighted by atomic mass is 10.1. The molecule has 1 aromatic heterocycles. The van der Waals surface area contributed by atoms with Gasteiger partial charge in [-0.2, -0.15) is 0 Å². The van der Waals surface area contributed by atoms with Gasteiger partial charge in [-0.05, 0) is 23.3 Å². The molecule has 1 unspecified atom stereocenters. The second-order valence-electron chi connectivity index (χ2n) is 4.22. The Morgan fingerprint density at radius 1 is 1.39 bits per heavy atom. The Balaban J connectivity index is 1.89. The van der Waals surface area contributed by atoms with Gasteiger partial charge in [-0.1, -0.05) is 28.1 Å². The van der Waals surface area contributed by atoms with E-state index in [1.54, 1.807) is 18.4 Å². The predicted octanol–water partition coefficient (Wildman–Crippen LogP) is 4.18. The maximum absolute atomic E-state index is 5.53. The van der Waals surface area contributed by atoms with Gasteiger partial charge in [0.15, 0.2) is 0 Å². The van der Waals surface area contributed by atoms with Crippen LogP contribution < -0.4 is 9.47 Å². The summed E-state index contributed by atoms with van der Waals surface area (Å²) in [5, 5.41) is 2.03. The zero-order valence-corrected chi connectivity index (χ0v) is 12.4. The summed E-state index contributed by atoms with van der Waals surface area (Å²) >= 11 is 5.47. The van der Waals surface area contributed by atoms with Gasteiger partial charge in [-0.15, -0.1) is 11.3 Å². The molecule has 1 aromatic carbocycles. The second kappa shape index (κ2) is 4.94. The fraction of sp³-hybridized carbons (Fsp3) is 0.286. The molecule has 3 rings (SSSR count). The van der Waals surface area contributed by atoms with Crippen molar-refractivity contribution in [3.63, 3.8) is 0 Å². The molecule has 1 aliphatic rings. The number of alkyl halides is 1. The number of halogens is 1. The van der Waals surface area contributed by atoms with Crippen molar-refractivity contribution in [1.29, 1.82) is 0 Å². The molecule has 1 atom stereocenters. The van der Waals surface area contributed by atoms with Gasteiger partial charge in [0.25, 0.3) is 0 Å². The van der Waals surface area contributed by atoms with Gasteiger partial charge in [0.1, 0.15) is 11.5 Å². The largest absolute Gasteiger partial charge is 0.496 e. The van der Waals surface area contributed by atoms with Gasteiger partial charge >= 0.3 is 0 Å². The molecule has 2 nitrogen and oxygen atoms in total. The summed E-state index contributed by atoms with van der Waals surface area (Å²) in [7, 11) is 1.70. The molecule has 0 amide bonds. The first-order valence-corrected chi connectivity index (χ1v) is 7.59. The molecular formula is C14H13BrO2S. The van der Waals surface area contributed by atoms with E-state index >= 15 is 0 Å². The zero-order valence-electron chi connectivity index (χ0n) is 9.98. The van der Waals surface area contributed by atoms with Crippen LogP contribution in [0.5, 0.6) is 11.5 Å². The minimum atomic E-state index is 0.220. The quantitative estimate of drug-likeness (QED) is 0.789. The van der Waals surface area contributed by atoms with E-state index < -0.39 is 0 Å². The van der Waals surface area contributed by atoms with Crippen molar-refractivity contribution in [2.24, 2.45) is 0 Å². The molecule has 18 heavy (non-hydrogen) atoms. The first kappa shape index (κ1) is 12.1. The van der Waals surface area contributed by atoms with Crippen molar-refractivity contribution in [3.05, 3.63) is 45.6 Å². The summed E-state index contributed by atoms with van der Waals surface area (Å²) in [5.41, 5.74) is 2.57. The summed E-state index contributed by atoms with van der Waals surface area (Å²) in [4.78, 5) is 1.48. The number of fused-ring (bicyclic) bond motifs is 1. The number of ether oxygens (including phenoxy) is 2. The van der Waals surface area contributed by atoms with Gasteiger partial charge in [-0.25, -0.2) is 0 Å². The number of hydrogen-bond acceptors (Lipinski definition) is 3. The van der Waals surface area contributed by atoms with Gasteiger partial charge in [-0.3, -0.25) is 0 Å². The Hall–Kier alpha value is -1.00. The van der Waals surface area contributed by atoms with Crippen molar-refractivity contribution >= 4 is 27.3 Å². The molecule has 94 valence electrons. The average Bonchev–Trinajstić information content (AvgIpc) is 3.05. The Bertz CT molecular complexity index is 565. The van der Waals surface area contributed by atoms with Crippen LogP contribution in [-0.2, 0) is 6.42 Å². The highest BCUT2D eigenvalue weighted by Gasteiger charge is 2.17. The van der Waals surface area contributed by atoms with E-state index in [9.17, 15) is 0 Å². The van der Waals surface area contributed by atoms with E-state index in [1.807, 2.05) is 5.38 Å². The number of hydrogen-bond donors (Lipinski definition) is 0. The molecule has 0 radical (unpaired) electrons. The predicted molar refractivity (Wildman–Crippen MR) is 77.3 cm³/mol. The van der Waals surface area contributed by atoms with Crippen LogP contribution in [0.2, 0.25) is 0 Å². The highest BCUT2D eigenvalue weighted by molar-refractivity contribution is 9.09. The molecule has 0 saturated carbocycles. The third kappa shape index (κ3) is 2.15. The SMILES string of the molecule is COc1csc(C(Br)c2ccc3c(c2)CCO3)c1. The van der Waals surface area contributed by atoms with Crippen LogP contribution in [0.3, 0.4) is 0 Å². The van der Waals surface area contributed by atoms with Crippen molar-refractivity contribution < 1.29 is 9.47 Å². The van der Waals surface area contributed by atoms with E-state index in [2.05, 4.69) is 40.2 Å². The molecule has 0 N–H and O–H groups in total. The van der Waals surface area contributed by atoms with Crippen LogP contribution in [-0.4, -0.2) is 13.7 Å². The van der Waals surface area contributed by atoms with Crippen LogP contribution in [0.4, 0.5) is 0 Å². The summed E-state index contributed by atoms with van der Waals surface area (Å²) in [6.45, 7) is 0.804. The standard InChI is InChI=1S/C14H13BrO2S/c1-16-11-7-13(18-8-11)14(15)10-2-3-12-9(6-10)4-5-17-12/h2-3,6-8,14H,4-5H2,1H3. The Labute approximate surface area is 119 Å². The number of thiophene rings is 1. The molecule has 0 bridgehead atoms. The Kier molecular flexibility index (Phi) is 3.31. The lowest BCUT2D eigenvalue weighted by molar-refractivity contribution is 0.357. The van der Waals surface area contributed by atoms with Crippen LogP contribution in [0.25, 0.3) is 0 Å². The average molecular weight is 325 g/mol. The van der Waals surface area contributed by atoms with Crippen molar-refractivity contribution in [1.82, 2.24) is 0 Å². The number of benzene rings is 1. The van der Waals surface area contributed by atoms with Gasteiger partial charge in [0.05, 0.1) is 18.5 Å². The van der Waals surface area contributed by atoms with Gasteiger partial charge in [0.2, 0.25) is 0 Å². The maximum Gasteiger partial charge on any atom is 0.129 e. The highest BCUT2D eigenvalue weighted by atomic mass is 79.9. The molecule has 0 aliphatic carbocycles. The van der Waals surface area contributed by atoms with E-state index in [-0.39, 0.29) is 4.83 Å². The molecule has 0 spiro atoms. The van der Waals surface area contributed by atoms with Crippen LogP contribution in [0, 0.1) is 0 Å². The highest BCUT2D eigenvalue weighted by Crippen LogP contribution is 2.39. The van der Waals surface area contributed by atoms with E-state index in [4.69, 9.17) is 9.47 Å². The van der Waals surface area contributed by atoms with Crippen molar-refractivity contribution in [2.75, 3.05) is 13.7 Å². The van der Waals surface area contributed by atoms with Gasteiger partial charge in [0, 0.05) is 16.7 Å². The van der Waals surface area contributed by atoms with Crippen LogP contribution in [0.15, 0.2) is 29.6 Å². The first-order chi connectivity index (χ1) is 8.78. The third-order valence-electron chi connectivity index (χ3n) is 3.09. The molecule has 0 fully saturated rings.